The minimum absolute atomic E-state index is 0.0532. The Balaban J connectivity index is 2.43. The van der Waals surface area contributed by atoms with Gasteiger partial charge in [0.05, 0.1) is 19.4 Å². The molecule has 1 rings (SSSR count). The number of hydrogen-bond acceptors (Lipinski definition) is 3. The van der Waals surface area contributed by atoms with Crippen molar-refractivity contribution < 1.29 is 9.21 Å². The number of nitrogens with one attached hydrogen (secondary N) is 2. The number of rotatable bonds is 5. The molecule has 0 atom stereocenters. The van der Waals surface area contributed by atoms with Gasteiger partial charge in [-0.05, 0) is 26.0 Å². The normalized spacial score (nSPS) is 11.5. The third-order valence-corrected chi connectivity index (χ3v) is 2.40. The summed E-state index contributed by atoms with van der Waals surface area (Å²) in [6.45, 7) is 4.65. The van der Waals surface area contributed by atoms with E-state index in [1.54, 1.807) is 13.3 Å². The van der Waals surface area contributed by atoms with Crippen molar-refractivity contribution in [2.45, 2.75) is 26.4 Å². The number of amides is 1. The van der Waals surface area contributed by atoms with Crippen LogP contribution in [0.15, 0.2) is 27.8 Å². The van der Waals surface area contributed by atoms with Gasteiger partial charge in [0.15, 0.2) is 5.96 Å². The molecule has 6 heteroatoms. The highest BCUT2D eigenvalue weighted by atomic mass is 16.3. The molecule has 2 N–H and O–H groups in total. The fraction of sp³-hybridized carbons (Fsp3) is 0.538. The first-order valence-corrected chi connectivity index (χ1v) is 6.26. The predicted octanol–water partition coefficient (Wildman–Crippen LogP) is 0.811. The first-order chi connectivity index (χ1) is 9.02. The average molecular weight is 266 g/mol. The number of carbonyl (C=O) groups excluding carboxylic acids is 1. The van der Waals surface area contributed by atoms with Gasteiger partial charge in [0, 0.05) is 20.1 Å². The first-order valence-electron chi connectivity index (χ1n) is 6.26. The summed E-state index contributed by atoms with van der Waals surface area (Å²) in [5.74, 6) is 1.44. The van der Waals surface area contributed by atoms with Crippen LogP contribution in [0.25, 0.3) is 0 Å². The minimum Gasteiger partial charge on any atom is -0.467 e. The van der Waals surface area contributed by atoms with Crippen molar-refractivity contribution in [1.29, 1.82) is 0 Å². The van der Waals surface area contributed by atoms with E-state index in [9.17, 15) is 4.79 Å². The highest BCUT2D eigenvalue weighted by Crippen LogP contribution is 2.03. The maximum Gasteiger partial charge on any atom is 0.239 e. The number of carbonyl (C=O) groups is 1. The van der Waals surface area contributed by atoms with Gasteiger partial charge >= 0.3 is 0 Å². The molecule has 0 aliphatic heterocycles. The molecule has 106 valence electrons. The third kappa shape index (κ3) is 5.46. The number of hydrogen-bond donors (Lipinski definition) is 2. The number of nitrogens with zero attached hydrogens (tertiary/aromatic N) is 2. The van der Waals surface area contributed by atoms with Crippen molar-refractivity contribution in [3.05, 3.63) is 24.2 Å². The highest BCUT2D eigenvalue weighted by molar-refractivity contribution is 5.86. The van der Waals surface area contributed by atoms with Crippen LogP contribution in [-0.2, 0) is 11.3 Å². The predicted molar refractivity (Wildman–Crippen MR) is 74.8 cm³/mol. The van der Waals surface area contributed by atoms with Crippen LogP contribution in [0.2, 0.25) is 0 Å². The Morgan fingerprint density at radius 3 is 2.79 bits per heavy atom. The van der Waals surface area contributed by atoms with Crippen LogP contribution in [0.3, 0.4) is 0 Å². The Labute approximate surface area is 113 Å². The van der Waals surface area contributed by atoms with Gasteiger partial charge < -0.3 is 20.0 Å². The van der Waals surface area contributed by atoms with Gasteiger partial charge in [0.2, 0.25) is 5.91 Å². The molecule has 0 radical (unpaired) electrons. The molecule has 1 heterocycles. The SMILES string of the molecule is CN=C(NCC(=O)NC(C)C)N(C)Cc1ccco1. The van der Waals surface area contributed by atoms with Crippen LogP contribution in [-0.4, -0.2) is 43.4 Å². The zero-order valence-corrected chi connectivity index (χ0v) is 11.9. The van der Waals surface area contributed by atoms with Gasteiger partial charge in [0.1, 0.15) is 5.76 Å². The monoisotopic (exact) mass is 266 g/mol. The second-order valence-corrected chi connectivity index (χ2v) is 4.56. The van der Waals surface area contributed by atoms with E-state index in [1.807, 2.05) is 37.9 Å². The fourth-order valence-electron chi connectivity index (χ4n) is 1.63. The van der Waals surface area contributed by atoms with E-state index in [1.165, 1.54) is 0 Å². The summed E-state index contributed by atoms with van der Waals surface area (Å²) >= 11 is 0. The standard InChI is InChI=1S/C13H22N4O2/c1-10(2)16-12(18)8-15-13(14-3)17(4)9-11-6-5-7-19-11/h5-7,10H,8-9H2,1-4H3,(H,14,15)(H,16,18). The van der Waals surface area contributed by atoms with E-state index in [-0.39, 0.29) is 18.5 Å². The van der Waals surface area contributed by atoms with Crippen molar-refractivity contribution in [2.24, 2.45) is 4.99 Å². The number of guanidine groups is 1. The third-order valence-electron chi connectivity index (χ3n) is 2.40. The van der Waals surface area contributed by atoms with E-state index in [2.05, 4.69) is 15.6 Å². The molecule has 0 aromatic carbocycles. The number of aliphatic imine (C=N–C) groups is 1. The molecule has 19 heavy (non-hydrogen) atoms. The highest BCUT2D eigenvalue weighted by Gasteiger charge is 2.10. The Bertz CT molecular complexity index is 412. The molecule has 0 unspecified atom stereocenters. The molecule has 0 bridgehead atoms. The van der Waals surface area contributed by atoms with E-state index in [0.717, 1.165) is 5.76 Å². The molecule has 0 aliphatic carbocycles. The average Bonchev–Trinajstić information content (AvgIpc) is 2.81. The van der Waals surface area contributed by atoms with Gasteiger partial charge in [-0.15, -0.1) is 0 Å². The van der Waals surface area contributed by atoms with Gasteiger partial charge in [-0.25, -0.2) is 0 Å². The summed E-state index contributed by atoms with van der Waals surface area (Å²) in [7, 11) is 3.57. The topological polar surface area (TPSA) is 69.9 Å². The summed E-state index contributed by atoms with van der Waals surface area (Å²) in [5.41, 5.74) is 0. The molecule has 6 nitrogen and oxygen atoms in total. The van der Waals surface area contributed by atoms with Crippen LogP contribution < -0.4 is 10.6 Å². The number of furan rings is 1. The molecule has 1 aromatic heterocycles. The van der Waals surface area contributed by atoms with Gasteiger partial charge in [0.25, 0.3) is 0 Å². The van der Waals surface area contributed by atoms with Gasteiger partial charge in [-0.3, -0.25) is 9.79 Å². The van der Waals surface area contributed by atoms with Crippen LogP contribution in [0.5, 0.6) is 0 Å². The molecular formula is C13H22N4O2. The Morgan fingerprint density at radius 2 is 2.26 bits per heavy atom. The molecule has 0 spiro atoms. The van der Waals surface area contributed by atoms with E-state index in [4.69, 9.17) is 4.42 Å². The second kappa shape index (κ2) is 7.45. The molecule has 0 saturated carbocycles. The van der Waals surface area contributed by atoms with Gasteiger partial charge in [-0.1, -0.05) is 0 Å². The van der Waals surface area contributed by atoms with E-state index >= 15 is 0 Å². The van der Waals surface area contributed by atoms with Crippen molar-refractivity contribution in [2.75, 3.05) is 20.6 Å². The van der Waals surface area contributed by atoms with Crippen LogP contribution >= 0.6 is 0 Å². The molecule has 1 aromatic rings. The maximum atomic E-state index is 11.5. The zero-order valence-electron chi connectivity index (χ0n) is 11.9. The molecule has 0 aliphatic rings. The van der Waals surface area contributed by atoms with Crippen LogP contribution in [0, 0.1) is 0 Å². The first kappa shape index (κ1) is 15.1. The maximum absolute atomic E-state index is 11.5. The van der Waals surface area contributed by atoms with E-state index < -0.39 is 0 Å². The smallest absolute Gasteiger partial charge is 0.239 e. The van der Waals surface area contributed by atoms with Crippen molar-refractivity contribution in [3.63, 3.8) is 0 Å². The van der Waals surface area contributed by atoms with Crippen LogP contribution in [0.4, 0.5) is 0 Å². The van der Waals surface area contributed by atoms with Crippen molar-refractivity contribution in [3.8, 4) is 0 Å². The zero-order chi connectivity index (χ0) is 14.3. The second-order valence-electron chi connectivity index (χ2n) is 4.56. The molecule has 0 saturated heterocycles. The fourth-order valence-corrected chi connectivity index (χ4v) is 1.63. The summed E-state index contributed by atoms with van der Waals surface area (Å²) in [4.78, 5) is 17.6. The lowest BCUT2D eigenvalue weighted by Crippen LogP contribution is -2.44. The lowest BCUT2D eigenvalue weighted by molar-refractivity contribution is -0.120. The van der Waals surface area contributed by atoms with Gasteiger partial charge in [-0.2, -0.15) is 0 Å². The molecule has 0 fully saturated rings. The largest absolute Gasteiger partial charge is 0.467 e. The van der Waals surface area contributed by atoms with Crippen molar-refractivity contribution in [1.82, 2.24) is 15.5 Å². The van der Waals surface area contributed by atoms with Crippen molar-refractivity contribution >= 4 is 11.9 Å². The lowest BCUT2D eigenvalue weighted by atomic mass is 10.4. The quantitative estimate of drug-likeness (QED) is 0.611. The summed E-state index contributed by atoms with van der Waals surface area (Å²) in [6.07, 6.45) is 1.63. The minimum atomic E-state index is -0.0532. The molecular weight excluding hydrogens is 244 g/mol. The Kier molecular flexibility index (Phi) is 5.92. The van der Waals surface area contributed by atoms with Crippen LogP contribution in [0.1, 0.15) is 19.6 Å². The lowest BCUT2D eigenvalue weighted by Gasteiger charge is -2.21. The Hall–Kier alpha value is -1.98. The summed E-state index contributed by atoms with van der Waals surface area (Å²) < 4.78 is 5.27. The molecule has 1 amide bonds. The summed E-state index contributed by atoms with van der Waals surface area (Å²) in [6, 6.07) is 3.88. The Morgan fingerprint density at radius 1 is 1.53 bits per heavy atom. The summed E-state index contributed by atoms with van der Waals surface area (Å²) in [5, 5.41) is 5.82. The van der Waals surface area contributed by atoms with E-state index in [0.29, 0.717) is 12.5 Å².